The summed E-state index contributed by atoms with van der Waals surface area (Å²) >= 11 is 0. The third-order valence-corrected chi connectivity index (χ3v) is 6.62. The molecule has 1 aliphatic rings. The number of anilines is 1. The zero-order valence-electron chi connectivity index (χ0n) is 20.1. The highest BCUT2D eigenvalue weighted by molar-refractivity contribution is 6.03. The van der Waals surface area contributed by atoms with Crippen LogP contribution in [0.5, 0.6) is 0 Å². The quantitative estimate of drug-likeness (QED) is 0.395. The molecule has 0 aliphatic heterocycles. The van der Waals surface area contributed by atoms with E-state index in [0.29, 0.717) is 24.1 Å². The van der Waals surface area contributed by atoms with Gasteiger partial charge < -0.3 is 21.5 Å². The van der Waals surface area contributed by atoms with Crippen LogP contribution >= 0.6 is 0 Å². The number of halogens is 3. The van der Waals surface area contributed by atoms with Gasteiger partial charge in [-0.3, -0.25) is 9.78 Å². The topological polar surface area (TPSA) is 130 Å². The number of benzene rings is 1. The molecule has 0 saturated heterocycles. The van der Waals surface area contributed by atoms with E-state index in [-0.39, 0.29) is 17.5 Å². The lowest BCUT2D eigenvalue weighted by atomic mass is 9.73. The monoisotopic (exact) mass is 513 g/mol. The van der Waals surface area contributed by atoms with Crippen LogP contribution in [0.15, 0.2) is 42.7 Å². The molecule has 0 unspecified atom stereocenters. The fourth-order valence-electron chi connectivity index (χ4n) is 4.96. The number of amides is 2. The van der Waals surface area contributed by atoms with Crippen molar-refractivity contribution >= 4 is 17.7 Å². The normalized spacial score (nSPS) is 21.4. The van der Waals surface area contributed by atoms with Gasteiger partial charge in [-0.15, -0.1) is 0 Å². The van der Waals surface area contributed by atoms with Crippen LogP contribution in [0.25, 0.3) is 11.3 Å². The SMILES string of the molecule is Cc1cc(F)c(-c2nc(C(=O)Nc3cnccc3[C@H]3C[C@@H](N)[C@@H](NC(=O)O)[C@@H](C)C3)ccc2F)c(F)c1. The van der Waals surface area contributed by atoms with E-state index in [0.717, 1.165) is 29.8 Å². The smallest absolute Gasteiger partial charge is 0.404 e. The predicted octanol–water partition coefficient (Wildman–Crippen LogP) is 4.60. The first-order valence-electron chi connectivity index (χ1n) is 11.7. The minimum absolute atomic E-state index is 0.0674. The van der Waals surface area contributed by atoms with Crippen molar-refractivity contribution < 1.29 is 27.9 Å². The Kier molecular flexibility index (Phi) is 7.44. The van der Waals surface area contributed by atoms with Crippen LogP contribution < -0.4 is 16.4 Å². The average Bonchev–Trinajstić information content (AvgIpc) is 2.82. The summed E-state index contributed by atoms with van der Waals surface area (Å²) in [5, 5.41) is 14.3. The van der Waals surface area contributed by atoms with E-state index >= 15 is 0 Å². The Hall–Kier alpha value is -3.99. The largest absolute Gasteiger partial charge is 0.465 e. The van der Waals surface area contributed by atoms with Crippen LogP contribution in [0.4, 0.5) is 23.7 Å². The molecule has 1 saturated carbocycles. The van der Waals surface area contributed by atoms with Crippen molar-refractivity contribution in [3.8, 4) is 11.3 Å². The minimum atomic E-state index is -1.14. The summed E-state index contributed by atoms with van der Waals surface area (Å²) in [6.07, 6.45) is 2.96. The zero-order chi connectivity index (χ0) is 26.9. The summed E-state index contributed by atoms with van der Waals surface area (Å²) in [5.74, 6) is -3.84. The molecule has 194 valence electrons. The number of nitrogens with zero attached hydrogens (tertiary/aromatic N) is 2. The summed E-state index contributed by atoms with van der Waals surface area (Å²) in [6, 6.07) is 5.05. The van der Waals surface area contributed by atoms with E-state index in [9.17, 15) is 22.8 Å². The maximum Gasteiger partial charge on any atom is 0.404 e. The first-order valence-corrected chi connectivity index (χ1v) is 11.7. The van der Waals surface area contributed by atoms with Gasteiger partial charge in [0.1, 0.15) is 28.8 Å². The number of aryl methyl sites for hydroxylation is 1. The number of aromatic nitrogens is 2. The molecule has 37 heavy (non-hydrogen) atoms. The number of nitrogens with one attached hydrogen (secondary N) is 2. The van der Waals surface area contributed by atoms with Crippen molar-refractivity contribution in [3.63, 3.8) is 0 Å². The zero-order valence-corrected chi connectivity index (χ0v) is 20.1. The number of hydrogen-bond donors (Lipinski definition) is 4. The van der Waals surface area contributed by atoms with Crippen molar-refractivity contribution in [1.29, 1.82) is 0 Å². The molecule has 11 heteroatoms. The maximum absolute atomic E-state index is 14.5. The lowest BCUT2D eigenvalue weighted by molar-refractivity contribution is 0.102. The number of carbonyl (C=O) groups excluding carboxylic acids is 1. The van der Waals surface area contributed by atoms with Gasteiger partial charge in [0.25, 0.3) is 5.91 Å². The highest BCUT2D eigenvalue weighted by Crippen LogP contribution is 2.38. The van der Waals surface area contributed by atoms with Gasteiger partial charge >= 0.3 is 6.09 Å². The second-order valence-corrected chi connectivity index (χ2v) is 9.33. The molecular weight excluding hydrogens is 487 g/mol. The van der Waals surface area contributed by atoms with Crippen LogP contribution in [0.2, 0.25) is 0 Å². The van der Waals surface area contributed by atoms with Gasteiger partial charge in [-0.1, -0.05) is 6.92 Å². The third-order valence-electron chi connectivity index (χ3n) is 6.62. The lowest BCUT2D eigenvalue weighted by Crippen LogP contribution is -2.54. The van der Waals surface area contributed by atoms with Crippen molar-refractivity contribution in [2.45, 2.75) is 44.7 Å². The Morgan fingerprint density at radius 2 is 1.78 bits per heavy atom. The number of carboxylic acid groups (broad SMARTS) is 1. The van der Waals surface area contributed by atoms with Gasteiger partial charge in [-0.2, -0.15) is 0 Å². The fraction of sp³-hybridized carbons (Fsp3) is 0.308. The van der Waals surface area contributed by atoms with Gasteiger partial charge in [0, 0.05) is 18.3 Å². The Morgan fingerprint density at radius 3 is 2.43 bits per heavy atom. The minimum Gasteiger partial charge on any atom is -0.465 e. The molecule has 4 rings (SSSR count). The van der Waals surface area contributed by atoms with Crippen LogP contribution in [0.3, 0.4) is 0 Å². The molecule has 5 N–H and O–H groups in total. The maximum atomic E-state index is 14.5. The summed E-state index contributed by atoms with van der Waals surface area (Å²) in [5.41, 5.74) is 6.20. The third kappa shape index (κ3) is 5.56. The predicted molar refractivity (Wildman–Crippen MR) is 131 cm³/mol. The molecule has 8 nitrogen and oxygen atoms in total. The van der Waals surface area contributed by atoms with Crippen LogP contribution in [-0.2, 0) is 0 Å². The molecule has 0 bridgehead atoms. The fourth-order valence-corrected chi connectivity index (χ4v) is 4.96. The van der Waals surface area contributed by atoms with Crippen LogP contribution in [0, 0.1) is 30.3 Å². The summed E-state index contributed by atoms with van der Waals surface area (Å²) in [4.78, 5) is 32.2. The summed E-state index contributed by atoms with van der Waals surface area (Å²) in [7, 11) is 0. The first-order chi connectivity index (χ1) is 17.5. The van der Waals surface area contributed by atoms with Gasteiger partial charge in [-0.05, 0) is 73.1 Å². The molecule has 2 heterocycles. The van der Waals surface area contributed by atoms with Crippen LogP contribution in [-0.4, -0.2) is 39.2 Å². The van der Waals surface area contributed by atoms with E-state index < -0.39 is 52.8 Å². The number of carbonyl (C=O) groups is 2. The second kappa shape index (κ2) is 10.6. The van der Waals surface area contributed by atoms with E-state index in [1.54, 1.807) is 12.3 Å². The molecule has 0 spiro atoms. The molecule has 3 aromatic rings. The summed E-state index contributed by atoms with van der Waals surface area (Å²) < 4.78 is 43.5. The van der Waals surface area contributed by atoms with Crippen molar-refractivity contribution in [2.24, 2.45) is 11.7 Å². The van der Waals surface area contributed by atoms with Crippen molar-refractivity contribution in [1.82, 2.24) is 15.3 Å². The van der Waals surface area contributed by atoms with Crippen molar-refractivity contribution in [2.75, 3.05) is 5.32 Å². The average molecular weight is 514 g/mol. The van der Waals surface area contributed by atoms with Gasteiger partial charge in [-0.25, -0.2) is 22.9 Å². The van der Waals surface area contributed by atoms with Crippen molar-refractivity contribution in [3.05, 3.63) is 77.0 Å². The van der Waals surface area contributed by atoms with E-state index in [1.165, 1.54) is 13.1 Å². The highest BCUT2D eigenvalue weighted by atomic mass is 19.1. The lowest BCUT2D eigenvalue weighted by Gasteiger charge is -2.39. The Bertz CT molecular complexity index is 1320. The van der Waals surface area contributed by atoms with Gasteiger partial charge in [0.2, 0.25) is 0 Å². The molecule has 1 fully saturated rings. The Labute approximate surface area is 211 Å². The van der Waals surface area contributed by atoms with Gasteiger partial charge in [0.15, 0.2) is 0 Å². The molecular formula is C26H26F3N5O3. The van der Waals surface area contributed by atoms with E-state index in [2.05, 4.69) is 20.6 Å². The standard InChI is InChI=1S/C26H26F3N5O3/c1-12-7-17(28)22(18(29)8-12)24-16(27)3-4-20(32-24)25(35)33-21-11-31-6-5-15(21)14-9-13(2)23(19(30)10-14)34-26(36)37/h3-8,11,13-14,19,23,34H,9-10,30H2,1-2H3,(H,33,35)(H,36,37)/t13-,14+,19+,23-/m0/s1. The number of hydrogen-bond acceptors (Lipinski definition) is 5. The Morgan fingerprint density at radius 1 is 1.08 bits per heavy atom. The first kappa shape index (κ1) is 26.1. The second-order valence-electron chi connectivity index (χ2n) is 9.33. The van der Waals surface area contributed by atoms with E-state index in [4.69, 9.17) is 10.8 Å². The Balaban J connectivity index is 1.60. The highest BCUT2D eigenvalue weighted by Gasteiger charge is 2.36. The van der Waals surface area contributed by atoms with E-state index in [1.807, 2.05) is 6.92 Å². The molecule has 1 aliphatic carbocycles. The number of rotatable bonds is 5. The summed E-state index contributed by atoms with van der Waals surface area (Å²) in [6.45, 7) is 3.40. The molecule has 2 amide bonds. The van der Waals surface area contributed by atoms with Gasteiger partial charge in [0.05, 0.1) is 17.4 Å². The number of pyridine rings is 2. The van der Waals surface area contributed by atoms with Crippen LogP contribution in [0.1, 0.15) is 47.3 Å². The number of nitrogens with two attached hydrogens (primary N) is 1. The molecule has 4 atom stereocenters. The molecule has 2 aromatic heterocycles. The molecule has 0 radical (unpaired) electrons. The molecule has 1 aromatic carbocycles.